The van der Waals surface area contributed by atoms with E-state index in [4.69, 9.17) is 5.14 Å². The predicted molar refractivity (Wildman–Crippen MR) is 118 cm³/mol. The predicted octanol–water partition coefficient (Wildman–Crippen LogP) is 2.49. The maximum atomic E-state index is 12.8. The van der Waals surface area contributed by atoms with Gasteiger partial charge in [-0.05, 0) is 43.2 Å². The highest BCUT2D eigenvalue weighted by atomic mass is 32.2. The van der Waals surface area contributed by atoms with E-state index in [9.17, 15) is 18.0 Å². The molecule has 0 radical (unpaired) electrons. The number of anilines is 1. The van der Waals surface area contributed by atoms with E-state index in [1.165, 1.54) is 6.07 Å². The Hall–Kier alpha value is -2.69. The van der Waals surface area contributed by atoms with Gasteiger partial charge in [-0.3, -0.25) is 14.2 Å². The molecule has 0 aliphatic heterocycles. The molecule has 1 aromatic heterocycles. The number of benzene rings is 2. The molecule has 0 aliphatic carbocycles. The summed E-state index contributed by atoms with van der Waals surface area (Å²) in [4.78, 5) is 29.7. The first-order valence-corrected chi connectivity index (χ1v) is 11.8. The second kappa shape index (κ2) is 8.99. The van der Waals surface area contributed by atoms with Gasteiger partial charge >= 0.3 is 0 Å². The average Bonchev–Trinajstić information content (AvgIpc) is 2.69. The fourth-order valence-corrected chi connectivity index (χ4v) is 4.62. The van der Waals surface area contributed by atoms with Crippen molar-refractivity contribution in [3.8, 4) is 0 Å². The van der Waals surface area contributed by atoms with E-state index < -0.39 is 10.0 Å². The van der Waals surface area contributed by atoms with Gasteiger partial charge in [0, 0.05) is 12.2 Å². The molecule has 10 heteroatoms. The molecule has 0 saturated carbocycles. The number of aryl methyl sites for hydroxylation is 1. The summed E-state index contributed by atoms with van der Waals surface area (Å²) in [5.41, 5.74) is 1.26. The third kappa shape index (κ3) is 4.89. The normalized spacial score (nSPS) is 11.6. The molecule has 3 N–H and O–H groups in total. The second-order valence-electron chi connectivity index (χ2n) is 6.73. The smallest absolute Gasteiger partial charge is 0.262 e. The Morgan fingerprint density at radius 3 is 2.67 bits per heavy atom. The monoisotopic (exact) mass is 446 g/mol. The number of sulfonamides is 1. The fraction of sp³-hybridized carbons (Fsp3) is 0.250. The van der Waals surface area contributed by atoms with E-state index in [0.29, 0.717) is 33.9 Å². The zero-order valence-electron chi connectivity index (χ0n) is 16.6. The summed E-state index contributed by atoms with van der Waals surface area (Å²) >= 11 is 1.15. The van der Waals surface area contributed by atoms with Gasteiger partial charge in [-0.1, -0.05) is 36.9 Å². The molecule has 3 rings (SSSR count). The van der Waals surface area contributed by atoms with Crippen molar-refractivity contribution in [3.63, 3.8) is 0 Å². The van der Waals surface area contributed by atoms with Crippen LogP contribution in [0.25, 0.3) is 10.9 Å². The van der Waals surface area contributed by atoms with Gasteiger partial charge in [0.2, 0.25) is 15.9 Å². The van der Waals surface area contributed by atoms with E-state index in [1.807, 2.05) is 6.92 Å². The number of primary sulfonamides is 1. The Bertz CT molecular complexity index is 1270. The number of aromatic nitrogens is 2. The minimum absolute atomic E-state index is 0.00702. The molecule has 3 aromatic rings. The molecule has 0 unspecified atom stereocenters. The van der Waals surface area contributed by atoms with Gasteiger partial charge in [0.1, 0.15) is 0 Å². The molecule has 0 bridgehead atoms. The van der Waals surface area contributed by atoms with Crippen LogP contribution >= 0.6 is 11.8 Å². The number of thioether (sulfide) groups is 1. The fourth-order valence-electron chi connectivity index (χ4n) is 2.99. The van der Waals surface area contributed by atoms with Crippen LogP contribution in [0.5, 0.6) is 0 Å². The highest BCUT2D eigenvalue weighted by Gasteiger charge is 2.15. The van der Waals surface area contributed by atoms with Gasteiger partial charge in [-0.2, -0.15) is 0 Å². The van der Waals surface area contributed by atoms with Gasteiger partial charge in [0.15, 0.2) is 5.16 Å². The van der Waals surface area contributed by atoms with Crippen LogP contribution in [0, 0.1) is 6.92 Å². The van der Waals surface area contributed by atoms with Gasteiger partial charge in [0.05, 0.1) is 21.6 Å². The van der Waals surface area contributed by atoms with Crippen LogP contribution in [0.15, 0.2) is 57.3 Å². The van der Waals surface area contributed by atoms with Crippen molar-refractivity contribution in [2.75, 3.05) is 11.1 Å². The summed E-state index contributed by atoms with van der Waals surface area (Å²) in [6, 6.07) is 11.6. The van der Waals surface area contributed by atoms with Crippen LogP contribution in [0.1, 0.15) is 18.9 Å². The number of rotatable bonds is 7. The van der Waals surface area contributed by atoms with Gasteiger partial charge in [0.25, 0.3) is 5.56 Å². The molecule has 30 heavy (non-hydrogen) atoms. The van der Waals surface area contributed by atoms with E-state index >= 15 is 0 Å². The number of nitrogens with two attached hydrogens (primary N) is 1. The molecule has 0 atom stereocenters. The maximum absolute atomic E-state index is 12.8. The summed E-state index contributed by atoms with van der Waals surface area (Å²) in [5, 5.41) is 8.87. The molecule has 2 aromatic carbocycles. The number of nitrogens with zero attached hydrogens (tertiary/aromatic N) is 2. The Labute approximate surface area is 178 Å². The zero-order chi connectivity index (χ0) is 21.9. The number of amides is 1. The number of carbonyl (C=O) groups is 1. The first-order chi connectivity index (χ1) is 14.2. The Morgan fingerprint density at radius 2 is 1.97 bits per heavy atom. The number of fused-ring (bicyclic) bond motifs is 1. The largest absolute Gasteiger partial charge is 0.325 e. The average molecular weight is 447 g/mol. The van der Waals surface area contributed by atoms with Crippen LogP contribution in [0.4, 0.5) is 5.69 Å². The van der Waals surface area contributed by atoms with E-state index in [2.05, 4.69) is 10.3 Å². The first-order valence-electron chi connectivity index (χ1n) is 9.26. The van der Waals surface area contributed by atoms with Crippen LogP contribution in [-0.2, 0) is 21.4 Å². The summed E-state index contributed by atoms with van der Waals surface area (Å²) < 4.78 is 24.9. The molecular weight excluding hydrogens is 424 g/mol. The first kappa shape index (κ1) is 22.0. The molecule has 0 fully saturated rings. The second-order valence-corrected chi connectivity index (χ2v) is 9.20. The van der Waals surface area contributed by atoms with Crippen LogP contribution in [-0.4, -0.2) is 29.6 Å². The summed E-state index contributed by atoms with van der Waals surface area (Å²) in [6.07, 6.45) is 0.749. The molecule has 8 nitrogen and oxygen atoms in total. The number of para-hydroxylation sites is 1. The Morgan fingerprint density at radius 1 is 1.23 bits per heavy atom. The Balaban J connectivity index is 1.80. The van der Waals surface area contributed by atoms with Gasteiger partial charge < -0.3 is 5.32 Å². The minimum Gasteiger partial charge on any atom is -0.325 e. The Kier molecular flexibility index (Phi) is 6.59. The summed E-state index contributed by atoms with van der Waals surface area (Å²) in [6.45, 7) is 4.08. The van der Waals surface area contributed by atoms with Crippen molar-refractivity contribution in [1.82, 2.24) is 9.55 Å². The molecule has 0 saturated heterocycles. The van der Waals surface area contributed by atoms with Crippen LogP contribution in [0.2, 0.25) is 0 Å². The summed E-state index contributed by atoms with van der Waals surface area (Å²) in [5.74, 6) is -0.345. The van der Waals surface area contributed by atoms with E-state index in [-0.39, 0.29) is 22.1 Å². The topological polar surface area (TPSA) is 124 Å². The lowest BCUT2D eigenvalue weighted by atomic mass is 10.2. The molecular formula is C20H22N4O4S2. The van der Waals surface area contributed by atoms with Crippen molar-refractivity contribution in [2.24, 2.45) is 5.14 Å². The minimum atomic E-state index is -3.89. The number of hydrogen-bond acceptors (Lipinski definition) is 6. The number of hydrogen-bond donors (Lipinski definition) is 2. The quantitative estimate of drug-likeness (QED) is 0.424. The zero-order valence-corrected chi connectivity index (χ0v) is 18.2. The lowest BCUT2D eigenvalue weighted by Crippen LogP contribution is -2.24. The van der Waals surface area contributed by atoms with Gasteiger partial charge in [-0.15, -0.1) is 0 Å². The van der Waals surface area contributed by atoms with E-state index in [0.717, 1.165) is 18.2 Å². The molecule has 1 amide bonds. The maximum Gasteiger partial charge on any atom is 0.262 e. The van der Waals surface area contributed by atoms with Crippen molar-refractivity contribution in [1.29, 1.82) is 0 Å². The lowest BCUT2D eigenvalue weighted by Gasteiger charge is -2.12. The van der Waals surface area contributed by atoms with Crippen molar-refractivity contribution < 1.29 is 13.2 Å². The molecule has 0 spiro atoms. The summed E-state index contributed by atoms with van der Waals surface area (Å²) in [7, 11) is -3.89. The molecule has 1 heterocycles. The number of carbonyl (C=O) groups excluding carboxylic acids is 1. The SMILES string of the molecule is CCCn1c(SCC(=O)Nc2ccc(C)c(S(N)(=O)=O)c2)nc2ccccc2c1=O. The third-order valence-electron chi connectivity index (χ3n) is 4.38. The van der Waals surface area contributed by atoms with Gasteiger partial charge in [-0.25, -0.2) is 18.5 Å². The van der Waals surface area contributed by atoms with Crippen molar-refractivity contribution >= 4 is 44.3 Å². The van der Waals surface area contributed by atoms with E-state index in [1.54, 1.807) is 47.9 Å². The highest BCUT2D eigenvalue weighted by molar-refractivity contribution is 7.99. The highest BCUT2D eigenvalue weighted by Crippen LogP contribution is 2.21. The number of nitrogens with one attached hydrogen (secondary N) is 1. The molecule has 0 aliphatic rings. The van der Waals surface area contributed by atoms with Crippen LogP contribution in [0.3, 0.4) is 0 Å². The van der Waals surface area contributed by atoms with Crippen molar-refractivity contribution in [3.05, 3.63) is 58.4 Å². The van der Waals surface area contributed by atoms with Crippen LogP contribution < -0.4 is 16.0 Å². The van der Waals surface area contributed by atoms with Crippen molar-refractivity contribution in [2.45, 2.75) is 36.9 Å². The molecule has 158 valence electrons. The lowest BCUT2D eigenvalue weighted by molar-refractivity contribution is -0.113. The standard InChI is InChI=1S/C20H22N4O4S2/c1-3-10-24-19(26)15-6-4-5-7-16(15)23-20(24)29-12-18(25)22-14-9-8-13(2)17(11-14)30(21,27)28/h4-9,11H,3,10,12H2,1-2H3,(H,22,25)(H2,21,27,28). The third-order valence-corrected chi connectivity index (χ3v) is 6.41.